The van der Waals surface area contributed by atoms with Crippen LogP contribution in [0.5, 0.6) is 0 Å². The number of amides is 1. The summed E-state index contributed by atoms with van der Waals surface area (Å²) in [5.41, 5.74) is 2.89. The summed E-state index contributed by atoms with van der Waals surface area (Å²) in [6.07, 6.45) is 1.44. The van der Waals surface area contributed by atoms with Gasteiger partial charge in [-0.25, -0.2) is 8.42 Å². The average Bonchev–Trinajstić information content (AvgIpc) is 2.89. The van der Waals surface area contributed by atoms with Crippen LogP contribution in [-0.2, 0) is 27.7 Å². The van der Waals surface area contributed by atoms with E-state index in [0.29, 0.717) is 22.3 Å². The van der Waals surface area contributed by atoms with Crippen molar-refractivity contribution < 1.29 is 13.2 Å². The maximum absolute atomic E-state index is 13.1. The molecule has 0 radical (unpaired) electrons. The second kappa shape index (κ2) is 7.04. The molecule has 0 saturated heterocycles. The Morgan fingerprint density at radius 3 is 2.69 bits per heavy atom. The van der Waals surface area contributed by atoms with Crippen molar-refractivity contribution in [2.75, 3.05) is 9.62 Å². The summed E-state index contributed by atoms with van der Waals surface area (Å²) in [5.74, 6) is -0.164. The van der Waals surface area contributed by atoms with E-state index in [9.17, 15) is 13.2 Å². The molecule has 1 heterocycles. The molecule has 138 valence electrons. The number of carbonyl (C=O) groups excluding carboxylic acids is 1. The van der Waals surface area contributed by atoms with Crippen LogP contribution < -0.4 is 9.62 Å². The zero-order valence-electron chi connectivity index (χ0n) is 14.9. The second-order valence-corrected chi connectivity index (χ2v) is 9.08. The molecule has 0 aliphatic carbocycles. The molecule has 1 aliphatic heterocycles. The molecule has 2 aromatic carbocycles. The predicted molar refractivity (Wildman–Crippen MR) is 107 cm³/mol. The van der Waals surface area contributed by atoms with Crippen molar-refractivity contribution in [2.24, 2.45) is 0 Å². The van der Waals surface area contributed by atoms with Crippen LogP contribution in [0.3, 0.4) is 0 Å². The highest BCUT2D eigenvalue weighted by atomic mass is 79.9. The van der Waals surface area contributed by atoms with Gasteiger partial charge < -0.3 is 4.90 Å². The molecule has 1 amide bonds. The van der Waals surface area contributed by atoms with Gasteiger partial charge in [0.1, 0.15) is 4.90 Å². The van der Waals surface area contributed by atoms with E-state index in [1.54, 1.807) is 17.0 Å². The van der Waals surface area contributed by atoms with Gasteiger partial charge in [-0.1, -0.05) is 35.0 Å². The summed E-state index contributed by atoms with van der Waals surface area (Å²) in [7, 11) is -3.85. The zero-order chi connectivity index (χ0) is 19.1. The quantitative estimate of drug-likeness (QED) is 0.783. The number of benzene rings is 2. The fourth-order valence-corrected chi connectivity index (χ4v) is 5.39. The molecule has 0 unspecified atom stereocenters. The number of nitrogens with one attached hydrogen (secondary N) is 1. The first kappa shape index (κ1) is 18.9. The van der Waals surface area contributed by atoms with Crippen LogP contribution in [0, 0.1) is 0 Å². The molecule has 0 bridgehead atoms. The molecule has 1 N–H and O–H groups in total. The Hall–Kier alpha value is -1.86. The molecule has 26 heavy (non-hydrogen) atoms. The van der Waals surface area contributed by atoms with E-state index in [1.165, 1.54) is 6.92 Å². The van der Waals surface area contributed by atoms with E-state index < -0.39 is 10.0 Å². The number of rotatable bonds is 4. The van der Waals surface area contributed by atoms with Crippen molar-refractivity contribution in [2.45, 2.75) is 44.6 Å². The first-order valence-electron chi connectivity index (χ1n) is 8.47. The lowest BCUT2D eigenvalue weighted by Gasteiger charge is -2.23. The summed E-state index contributed by atoms with van der Waals surface area (Å²) in [6, 6.07) is 10.7. The lowest BCUT2D eigenvalue weighted by Crippen LogP contribution is -2.34. The number of aryl methyl sites for hydroxylation is 1. The van der Waals surface area contributed by atoms with Crippen LogP contribution in [0.15, 0.2) is 45.8 Å². The van der Waals surface area contributed by atoms with Crippen molar-refractivity contribution in [1.29, 1.82) is 0 Å². The van der Waals surface area contributed by atoms with Crippen molar-refractivity contribution in [1.82, 2.24) is 0 Å². The summed E-state index contributed by atoms with van der Waals surface area (Å²) >= 11 is 3.40. The van der Waals surface area contributed by atoms with Crippen molar-refractivity contribution >= 4 is 43.2 Å². The van der Waals surface area contributed by atoms with Gasteiger partial charge in [0.2, 0.25) is 5.91 Å². The number of fused-ring (bicyclic) bond motifs is 1. The lowest BCUT2D eigenvalue weighted by molar-refractivity contribution is -0.116. The maximum atomic E-state index is 13.1. The van der Waals surface area contributed by atoms with Crippen LogP contribution >= 0.6 is 15.9 Å². The van der Waals surface area contributed by atoms with Gasteiger partial charge in [-0.05, 0) is 55.2 Å². The van der Waals surface area contributed by atoms with Gasteiger partial charge in [-0.3, -0.25) is 9.52 Å². The average molecular weight is 437 g/mol. The molecule has 3 rings (SSSR count). The molecule has 0 spiro atoms. The van der Waals surface area contributed by atoms with Crippen molar-refractivity contribution in [3.05, 3.63) is 52.0 Å². The summed E-state index contributed by atoms with van der Waals surface area (Å²) in [6.45, 7) is 5.40. The standard InChI is InChI=1S/C19H21BrN2O3S/c1-4-14-6-5-7-17(9-14)21-26(24,25)18-11-16(20)10-15-8-12(2)22(13(3)23)19(15)18/h5-7,9-12,21H,4,8H2,1-3H3/t12-/m0/s1. The fraction of sp³-hybridized carbons (Fsp3) is 0.316. The highest BCUT2D eigenvalue weighted by Gasteiger charge is 2.35. The predicted octanol–water partition coefficient (Wildman–Crippen LogP) is 4.11. The van der Waals surface area contributed by atoms with Crippen LogP contribution in [0.25, 0.3) is 0 Å². The number of anilines is 2. The number of hydrogen-bond acceptors (Lipinski definition) is 3. The molecule has 5 nitrogen and oxygen atoms in total. The molecule has 0 saturated carbocycles. The third-order valence-electron chi connectivity index (χ3n) is 4.53. The van der Waals surface area contributed by atoms with Crippen LogP contribution in [0.2, 0.25) is 0 Å². The van der Waals surface area contributed by atoms with Gasteiger partial charge in [0.15, 0.2) is 0 Å². The number of sulfonamides is 1. The van der Waals surface area contributed by atoms with Crippen LogP contribution in [0.4, 0.5) is 11.4 Å². The van der Waals surface area contributed by atoms with E-state index in [0.717, 1.165) is 17.5 Å². The summed E-state index contributed by atoms with van der Waals surface area (Å²) in [5, 5.41) is 0. The van der Waals surface area contributed by atoms with E-state index in [4.69, 9.17) is 0 Å². The fourth-order valence-electron chi connectivity index (χ4n) is 3.42. The number of carbonyl (C=O) groups is 1. The van der Waals surface area contributed by atoms with Crippen LogP contribution in [0.1, 0.15) is 31.9 Å². The molecule has 0 fully saturated rings. The van der Waals surface area contributed by atoms with Gasteiger partial charge in [0, 0.05) is 23.1 Å². The molecule has 1 atom stereocenters. The van der Waals surface area contributed by atoms with Gasteiger partial charge in [-0.15, -0.1) is 0 Å². The number of halogens is 1. The van der Waals surface area contributed by atoms with E-state index >= 15 is 0 Å². The Balaban J connectivity index is 2.10. The smallest absolute Gasteiger partial charge is 0.264 e. The first-order valence-corrected chi connectivity index (χ1v) is 10.7. The van der Waals surface area contributed by atoms with Crippen molar-refractivity contribution in [3.8, 4) is 0 Å². The Morgan fingerprint density at radius 1 is 1.31 bits per heavy atom. The second-order valence-electron chi connectivity index (χ2n) is 6.51. The highest BCUT2D eigenvalue weighted by Crippen LogP contribution is 2.40. The van der Waals surface area contributed by atoms with Gasteiger partial charge in [0.05, 0.1) is 5.69 Å². The molecule has 7 heteroatoms. The van der Waals surface area contributed by atoms with Crippen molar-refractivity contribution in [3.63, 3.8) is 0 Å². The molecular weight excluding hydrogens is 416 g/mol. The number of hydrogen-bond donors (Lipinski definition) is 1. The Bertz CT molecular complexity index is 973. The molecular formula is C19H21BrN2O3S. The monoisotopic (exact) mass is 436 g/mol. The molecule has 2 aromatic rings. The zero-order valence-corrected chi connectivity index (χ0v) is 17.3. The SMILES string of the molecule is CCc1cccc(NS(=O)(=O)c2cc(Br)cc3c2N(C(C)=O)[C@@H](C)C3)c1. The minimum absolute atomic E-state index is 0.0748. The third-order valence-corrected chi connectivity index (χ3v) is 6.38. The Morgan fingerprint density at radius 2 is 2.04 bits per heavy atom. The Kier molecular flexibility index (Phi) is 5.12. The van der Waals surface area contributed by atoms with E-state index in [1.807, 2.05) is 38.1 Å². The van der Waals surface area contributed by atoms with Gasteiger partial charge in [0.25, 0.3) is 10.0 Å². The lowest BCUT2D eigenvalue weighted by atomic mass is 10.1. The topological polar surface area (TPSA) is 66.5 Å². The molecule has 0 aromatic heterocycles. The number of nitrogens with zero attached hydrogens (tertiary/aromatic N) is 1. The third kappa shape index (κ3) is 3.50. The van der Waals surface area contributed by atoms with Crippen LogP contribution in [-0.4, -0.2) is 20.4 Å². The highest BCUT2D eigenvalue weighted by molar-refractivity contribution is 9.10. The Labute approximate surface area is 162 Å². The van der Waals surface area contributed by atoms with E-state index in [2.05, 4.69) is 20.7 Å². The minimum Gasteiger partial charge on any atom is -0.308 e. The van der Waals surface area contributed by atoms with E-state index in [-0.39, 0.29) is 16.8 Å². The van der Waals surface area contributed by atoms with Gasteiger partial charge in [-0.2, -0.15) is 0 Å². The maximum Gasteiger partial charge on any atom is 0.264 e. The summed E-state index contributed by atoms with van der Waals surface area (Å²) in [4.78, 5) is 13.8. The molecule has 1 aliphatic rings. The largest absolute Gasteiger partial charge is 0.308 e. The normalized spacial score (nSPS) is 16.5. The summed E-state index contributed by atoms with van der Waals surface area (Å²) < 4.78 is 29.6. The minimum atomic E-state index is -3.85. The first-order chi connectivity index (χ1) is 12.2. The van der Waals surface area contributed by atoms with Gasteiger partial charge >= 0.3 is 0 Å².